The van der Waals surface area contributed by atoms with E-state index in [1.165, 1.54) is 12.1 Å². The van der Waals surface area contributed by atoms with Gasteiger partial charge in [0.2, 0.25) is 0 Å². The van der Waals surface area contributed by atoms with Gasteiger partial charge in [0.15, 0.2) is 0 Å². The van der Waals surface area contributed by atoms with Crippen molar-refractivity contribution in [3.63, 3.8) is 0 Å². The molecule has 5 nitrogen and oxygen atoms in total. The Labute approximate surface area is 179 Å². The van der Waals surface area contributed by atoms with Gasteiger partial charge in [-0.3, -0.25) is 0 Å². The molecule has 0 bridgehead atoms. The number of carboxylic acid groups (broad SMARTS) is 1. The first-order valence-electron chi connectivity index (χ1n) is 10.1. The topological polar surface area (TPSA) is 75.6 Å². The summed E-state index contributed by atoms with van der Waals surface area (Å²) in [5.41, 5.74) is 5.21. The molecule has 0 fully saturated rings. The molecular formula is C25H22FNO4. The number of hydrogen-bond acceptors (Lipinski definition) is 3. The van der Waals surface area contributed by atoms with Crippen LogP contribution in [0.5, 0.6) is 0 Å². The highest BCUT2D eigenvalue weighted by molar-refractivity contribution is 5.81. The molecule has 1 atom stereocenters. The number of carbonyl (C=O) groups excluding carboxylic acids is 1. The van der Waals surface area contributed by atoms with Crippen LogP contribution < -0.4 is 5.32 Å². The van der Waals surface area contributed by atoms with Crippen molar-refractivity contribution in [2.75, 3.05) is 6.61 Å². The summed E-state index contributed by atoms with van der Waals surface area (Å²) in [5.74, 6) is -1.59. The highest BCUT2D eigenvalue weighted by Gasteiger charge is 2.29. The lowest BCUT2D eigenvalue weighted by Crippen LogP contribution is -2.41. The molecule has 1 amide bonds. The van der Waals surface area contributed by atoms with E-state index >= 15 is 0 Å². The second-order valence-corrected chi connectivity index (χ2v) is 7.53. The Bertz CT molecular complexity index is 1050. The van der Waals surface area contributed by atoms with Crippen molar-refractivity contribution in [2.45, 2.75) is 24.8 Å². The molecule has 3 aromatic rings. The van der Waals surface area contributed by atoms with Crippen LogP contribution in [-0.4, -0.2) is 29.8 Å². The number of nitrogens with one attached hydrogen (secondary N) is 1. The molecule has 31 heavy (non-hydrogen) atoms. The van der Waals surface area contributed by atoms with E-state index in [0.717, 1.165) is 27.8 Å². The number of alkyl carbamates (subject to hydrolysis) is 1. The summed E-state index contributed by atoms with van der Waals surface area (Å²) < 4.78 is 18.4. The van der Waals surface area contributed by atoms with Crippen LogP contribution in [0.4, 0.5) is 9.18 Å². The van der Waals surface area contributed by atoms with Crippen molar-refractivity contribution in [1.29, 1.82) is 0 Å². The Morgan fingerprint density at radius 3 is 2.10 bits per heavy atom. The van der Waals surface area contributed by atoms with E-state index in [9.17, 15) is 19.1 Å². The second-order valence-electron chi connectivity index (χ2n) is 7.53. The first kappa shape index (κ1) is 20.6. The number of benzene rings is 3. The average molecular weight is 419 g/mol. The average Bonchev–Trinajstić information content (AvgIpc) is 3.10. The predicted molar refractivity (Wildman–Crippen MR) is 114 cm³/mol. The summed E-state index contributed by atoms with van der Waals surface area (Å²) in [6, 6.07) is 20.7. The molecule has 1 aliphatic carbocycles. The molecule has 0 radical (unpaired) electrons. The Morgan fingerprint density at radius 2 is 1.52 bits per heavy atom. The highest BCUT2D eigenvalue weighted by atomic mass is 19.1. The zero-order valence-corrected chi connectivity index (χ0v) is 16.8. The van der Waals surface area contributed by atoms with Gasteiger partial charge < -0.3 is 15.2 Å². The van der Waals surface area contributed by atoms with Gasteiger partial charge in [0, 0.05) is 5.92 Å². The minimum Gasteiger partial charge on any atom is -0.480 e. The molecule has 0 heterocycles. The molecule has 4 rings (SSSR count). The fraction of sp³-hybridized carbons (Fsp3) is 0.200. The number of hydrogen-bond donors (Lipinski definition) is 2. The monoisotopic (exact) mass is 419 g/mol. The number of aliphatic carboxylic acids is 1. The van der Waals surface area contributed by atoms with Crippen LogP contribution in [0.25, 0.3) is 11.1 Å². The zero-order valence-electron chi connectivity index (χ0n) is 16.8. The number of halogens is 1. The van der Waals surface area contributed by atoms with Crippen LogP contribution >= 0.6 is 0 Å². The predicted octanol–water partition coefficient (Wildman–Crippen LogP) is 4.75. The third kappa shape index (κ3) is 4.58. The molecule has 0 unspecified atom stereocenters. The maximum absolute atomic E-state index is 13.0. The van der Waals surface area contributed by atoms with Crippen molar-refractivity contribution < 1.29 is 23.8 Å². The fourth-order valence-electron chi connectivity index (χ4n) is 4.00. The van der Waals surface area contributed by atoms with Crippen LogP contribution in [0.2, 0.25) is 0 Å². The summed E-state index contributed by atoms with van der Waals surface area (Å²) in [4.78, 5) is 23.9. The number of carbonyl (C=O) groups is 2. The van der Waals surface area contributed by atoms with E-state index in [1.54, 1.807) is 12.1 Å². The van der Waals surface area contributed by atoms with E-state index < -0.39 is 18.1 Å². The molecule has 1 aliphatic rings. The van der Waals surface area contributed by atoms with Crippen molar-refractivity contribution >= 4 is 12.1 Å². The standard InChI is InChI=1S/C25H22FNO4/c26-17-12-9-16(10-13-17)11-14-23(24(28)29)27-25(30)31-15-22-20-7-3-1-5-18(20)19-6-2-4-8-21(19)22/h1-10,12-13,22-23H,11,14-15H2,(H,27,30)(H,28,29)/t23-/m0/s1. The summed E-state index contributed by atoms with van der Waals surface area (Å²) in [5, 5.41) is 11.9. The van der Waals surface area contributed by atoms with Gasteiger partial charge in [0.05, 0.1) is 0 Å². The van der Waals surface area contributed by atoms with Crippen LogP contribution in [0.1, 0.15) is 29.0 Å². The lowest BCUT2D eigenvalue weighted by Gasteiger charge is -2.17. The van der Waals surface area contributed by atoms with Gasteiger partial charge in [-0.05, 0) is 52.8 Å². The number of rotatable bonds is 7. The highest BCUT2D eigenvalue weighted by Crippen LogP contribution is 2.44. The minimum absolute atomic E-state index is 0.0966. The summed E-state index contributed by atoms with van der Waals surface area (Å²) in [7, 11) is 0. The Balaban J connectivity index is 1.38. The fourth-order valence-corrected chi connectivity index (χ4v) is 4.00. The van der Waals surface area contributed by atoms with Gasteiger partial charge in [-0.1, -0.05) is 60.7 Å². The lowest BCUT2D eigenvalue weighted by atomic mass is 9.98. The lowest BCUT2D eigenvalue weighted by molar-refractivity contribution is -0.139. The Morgan fingerprint density at radius 1 is 0.935 bits per heavy atom. The van der Waals surface area contributed by atoms with Gasteiger partial charge in [-0.2, -0.15) is 0 Å². The summed E-state index contributed by atoms with van der Waals surface area (Å²) in [6.07, 6.45) is -0.208. The SMILES string of the molecule is O=C(N[C@@H](CCc1ccc(F)cc1)C(=O)O)OCC1c2ccccc2-c2ccccc21. The molecule has 2 N–H and O–H groups in total. The maximum atomic E-state index is 13.0. The number of fused-ring (bicyclic) bond motifs is 3. The number of aryl methyl sites for hydroxylation is 1. The zero-order chi connectivity index (χ0) is 21.8. The molecule has 3 aromatic carbocycles. The largest absolute Gasteiger partial charge is 0.480 e. The third-order valence-electron chi connectivity index (χ3n) is 5.57. The molecule has 0 saturated heterocycles. The van der Waals surface area contributed by atoms with E-state index in [2.05, 4.69) is 5.32 Å². The molecular weight excluding hydrogens is 397 g/mol. The molecule has 0 saturated carbocycles. The first-order chi connectivity index (χ1) is 15.0. The smallest absolute Gasteiger partial charge is 0.407 e. The summed E-state index contributed by atoms with van der Waals surface area (Å²) >= 11 is 0. The van der Waals surface area contributed by atoms with Crippen molar-refractivity contribution in [2.24, 2.45) is 0 Å². The molecule has 0 spiro atoms. The Hall–Kier alpha value is -3.67. The van der Waals surface area contributed by atoms with Crippen molar-refractivity contribution in [3.8, 4) is 11.1 Å². The van der Waals surface area contributed by atoms with E-state index in [1.807, 2.05) is 48.5 Å². The second kappa shape index (κ2) is 9.00. The molecule has 0 aliphatic heterocycles. The van der Waals surface area contributed by atoms with Gasteiger partial charge in [-0.15, -0.1) is 0 Å². The van der Waals surface area contributed by atoms with Crippen LogP contribution in [0.15, 0.2) is 72.8 Å². The van der Waals surface area contributed by atoms with Crippen LogP contribution in [0.3, 0.4) is 0 Å². The van der Waals surface area contributed by atoms with Gasteiger partial charge >= 0.3 is 12.1 Å². The van der Waals surface area contributed by atoms with Gasteiger partial charge in [-0.25, -0.2) is 14.0 Å². The van der Waals surface area contributed by atoms with Crippen molar-refractivity contribution in [3.05, 3.63) is 95.3 Å². The number of ether oxygens (including phenoxy) is 1. The number of amides is 1. The van der Waals surface area contributed by atoms with Gasteiger partial charge in [0.1, 0.15) is 18.5 Å². The quantitative estimate of drug-likeness (QED) is 0.580. The van der Waals surface area contributed by atoms with Gasteiger partial charge in [0.25, 0.3) is 0 Å². The normalized spacial score (nSPS) is 13.2. The molecule has 158 valence electrons. The van der Waals surface area contributed by atoms with Crippen LogP contribution in [0, 0.1) is 5.82 Å². The van der Waals surface area contributed by atoms with Crippen LogP contribution in [-0.2, 0) is 16.0 Å². The molecule has 6 heteroatoms. The van der Waals surface area contributed by atoms with E-state index in [4.69, 9.17) is 4.74 Å². The summed E-state index contributed by atoms with van der Waals surface area (Å²) in [6.45, 7) is 0.115. The van der Waals surface area contributed by atoms with E-state index in [-0.39, 0.29) is 24.8 Å². The minimum atomic E-state index is -1.14. The van der Waals surface area contributed by atoms with Crippen molar-refractivity contribution in [1.82, 2.24) is 5.32 Å². The molecule has 0 aromatic heterocycles. The first-order valence-corrected chi connectivity index (χ1v) is 10.1. The Kier molecular flexibility index (Phi) is 5.98. The number of carboxylic acids is 1. The maximum Gasteiger partial charge on any atom is 0.407 e. The van der Waals surface area contributed by atoms with E-state index in [0.29, 0.717) is 6.42 Å². The third-order valence-corrected chi connectivity index (χ3v) is 5.57.